The molecule has 0 aliphatic carbocycles. The Morgan fingerprint density at radius 3 is 2.17 bits per heavy atom. The van der Waals surface area contributed by atoms with E-state index in [1.165, 1.54) is 4.31 Å². The van der Waals surface area contributed by atoms with Gasteiger partial charge in [-0.05, 0) is 62.8 Å². The number of aryl methyl sites for hydroxylation is 2. The van der Waals surface area contributed by atoms with Gasteiger partial charge >= 0.3 is 0 Å². The lowest BCUT2D eigenvalue weighted by Crippen LogP contribution is -2.60. The van der Waals surface area contributed by atoms with Crippen molar-refractivity contribution < 1.29 is 13.2 Å². The predicted molar refractivity (Wildman–Crippen MR) is 88.6 cm³/mol. The Labute approximate surface area is 138 Å². The van der Waals surface area contributed by atoms with Gasteiger partial charge in [0.1, 0.15) is 5.54 Å². The molecule has 2 saturated heterocycles. The van der Waals surface area contributed by atoms with Crippen LogP contribution in [0.15, 0.2) is 23.1 Å². The first-order valence-electron chi connectivity index (χ1n) is 8.14. The average molecular weight is 336 g/mol. The van der Waals surface area contributed by atoms with E-state index < -0.39 is 15.6 Å². The van der Waals surface area contributed by atoms with Crippen molar-refractivity contribution in [3.05, 3.63) is 29.3 Å². The van der Waals surface area contributed by atoms with Crippen LogP contribution in [-0.4, -0.2) is 49.2 Å². The van der Waals surface area contributed by atoms with Crippen molar-refractivity contribution in [2.45, 2.75) is 50.0 Å². The molecule has 126 valence electrons. The Balaban J connectivity index is 2.06. The lowest BCUT2D eigenvalue weighted by Gasteiger charge is -2.42. The van der Waals surface area contributed by atoms with Crippen LogP contribution in [0.1, 0.15) is 36.8 Å². The number of rotatable bonds is 2. The maximum Gasteiger partial charge on any atom is 0.244 e. The maximum absolute atomic E-state index is 13.2. The molecule has 2 aliphatic heterocycles. The molecule has 1 atom stereocenters. The van der Waals surface area contributed by atoms with Crippen LogP contribution in [0.3, 0.4) is 0 Å². The second-order valence-corrected chi connectivity index (χ2v) is 8.73. The van der Waals surface area contributed by atoms with Gasteiger partial charge in [0.15, 0.2) is 0 Å². The van der Waals surface area contributed by atoms with Gasteiger partial charge in [0.2, 0.25) is 15.9 Å². The zero-order valence-corrected chi connectivity index (χ0v) is 14.8. The molecule has 1 unspecified atom stereocenters. The smallest absolute Gasteiger partial charge is 0.244 e. The lowest BCUT2D eigenvalue weighted by molar-refractivity contribution is -0.142. The molecule has 23 heavy (non-hydrogen) atoms. The predicted octanol–water partition coefficient (Wildman–Crippen LogP) is 2.08. The van der Waals surface area contributed by atoms with Gasteiger partial charge in [0.25, 0.3) is 0 Å². The van der Waals surface area contributed by atoms with Crippen molar-refractivity contribution in [2.75, 3.05) is 20.1 Å². The zero-order chi connectivity index (χ0) is 16.8. The van der Waals surface area contributed by atoms with E-state index in [1.807, 2.05) is 19.9 Å². The van der Waals surface area contributed by atoms with Crippen LogP contribution in [0.4, 0.5) is 0 Å². The highest BCUT2D eigenvalue weighted by atomic mass is 32.2. The van der Waals surface area contributed by atoms with Gasteiger partial charge in [-0.25, -0.2) is 8.42 Å². The monoisotopic (exact) mass is 336 g/mol. The number of likely N-dealkylation sites (N-methyl/N-ethyl adjacent to an activating group) is 1. The average Bonchev–Trinajstić information content (AvgIpc) is 2.89. The number of hydrogen-bond acceptors (Lipinski definition) is 3. The number of amides is 1. The summed E-state index contributed by atoms with van der Waals surface area (Å²) < 4.78 is 27.9. The summed E-state index contributed by atoms with van der Waals surface area (Å²) in [7, 11) is -1.90. The molecule has 0 N–H and O–H groups in total. The molecule has 2 fully saturated rings. The first-order chi connectivity index (χ1) is 10.8. The fourth-order valence-electron chi connectivity index (χ4n) is 4.05. The topological polar surface area (TPSA) is 57.7 Å². The zero-order valence-electron chi connectivity index (χ0n) is 14.0. The molecular formula is C17H24N2O3S. The lowest BCUT2D eigenvalue weighted by atomic mass is 9.87. The van der Waals surface area contributed by atoms with Crippen LogP contribution < -0.4 is 0 Å². The van der Waals surface area contributed by atoms with Crippen molar-refractivity contribution in [3.63, 3.8) is 0 Å². The molecule has 1 aromatic carbocycles. The summed E-state index contributed by atoms with van der Waals surface area (Å²) in [5.41, 5.74) is 0.969. The second-order valence-electron chi connectivity index (χ2n) is 6.87. The minimum atomic E-state index is -3.66. The van der Waals surface area contributed by atoms with Crippen molar-refractivity contribution in [1.29, 1.82) is 0 Å². The van der Waals surface area contributed by atoms with Crippen molar-refractivity contribution in [3.8, 4) is 0 Å². The van der Waals surface area contributed by atoms with E-state index in [1.54, 1.807) is 24.1 Å². The largest absolute Gasteiger partial charge is 0.344 e. The van der Waals surface area contributed by atoms with Crippen LogP contribution in [0.5, 0.6) is 0 Å². The Morgan fingerprint density at radius 1 is 1.00 bits per heavy atom. The minimum absolute atomic E-state index is 0.0470. The molecule has 6 heteroatoms. The summed E-state index contributed by atoms with van der Waals surface area (Å²) >= 11 is 0. The van der Waals surface area contributed by atoms with E-state index >= 15 is 0 Å². The molecule has 0 bridgehead atoms. The third kappa shape index (κ3) is 2.58. The molecule has 3 rings (SSSR count). The molecule has 0 aromatic heterocycles. The molecule has 0 saturated carbocycles. The third-order valence-corrected chi connectivity index (χ3v) is 6.98. The summed E-state index contributed by atoms with van der Waals surface area (Å²) in [5.74, 6) is -0.0470. The van der Waals surface area contributed by atoms with Gasteiger partial charge in [-0.1, -0.05) is 6.07 Å². The standard InChI is InChI=1S/C17H24N2O3S/c1-13-10-14(2)12-15(11-13)23(21,22)19-9-5-7-17(19)6-4-8-18(3)16(17)20/h10-12H,4-9H2,1-3H3. The number of piperidine rings is 1. The maximum atomic E-state index is 13.2. The van der Waals surface area contributed by atoms with Crippen LogP contribution in [0.2, 0.25) is 0 Å². The van der Waals surface area contributed by atoms with E-state index in [0.717, 1.165) is 24.0 Å². The van der Waals surface area contributed by atoms with Crippen LogP contribution >= 0.6 is 0 Å². The second kappa shape index (κ2) is 5.60. The van der Waals surface area contributed by atoms with Gasteiger partial charge < -0.3 is 4.90 Å². The number of carbonyl (C=O) groups excluding carboxylic acids is 1. The van der Waals surface area contributed by atoms with E-state index in [2.05, 4.69) is 0 Å². The molecular weight excluding hydrogens is 312 g/mol. The van der Waals surface area contributed by atoms with E-state index in [4.69, 9.17) is 0 Å². The highest BCUT2D eigenvalue weighted by Crippen LogP contribution is 2.41. The van der Waals surface area contributed by atoms with Gasteiger partial charge in [0, 0.05) is 20.1 Å². The summed E-state index contributed by atoms with van der Waals surface area (Å²) in [6.45, 7) is 4.92. The fourth-order valence-corrected chi connectivity index (χ4v) is 6.06. The highest BCUT2D eigenvalue weighted by Gasteiger charge is 2.54. The number of hydrogen-bond donors (Lipinski definition) is 0. The first-order valence-corrected chi connectivity index (χ1v) is 9.58. The Bertz CT molecular complexity index is 724. The quantitative estimate of drug-likeness (QED) is 0.831. The normalized spacial score (nSPS) is 26.2. The van der Waals surface area contributed by atoms with E-state index in [-0.39, 0.29) is 5.91 Å². The molecule has 0 radical (unpaired) electrons. The van der Waals surface area contributed by atoms with Gasteiger partial charge in [-0.2, -0.15) is 4.31 Å². The summed E-state index contributed by atoms with van der Waals surface area (Å²) in [4.78, 5) is 14.8. The Kier molecular flexibility index (Phi) is 4.01. The van der Waals surface area contributed by atoms with Crippen LogP contribution in [0.25, 0.3) is 0 Å². The SMILES string of the molecule is Cc1cc(C)cc(S(=O)(=O)N2CCCC23CCCN(C)C3=O)c1. The number of benzene rings is 1. The molecule has 2 heterocycles. The minimum Gasteiger partial charge on any atom is -0.344 e. The molecule has 2 aliphatic rings. The number of nitrogens with zero attached hydrogens (tertiary/aromatic N) is 2. The summed E-state index contributed by atoms with van der Waals surface area (Å²) in [6, 6.07) is 5.36. The van der Waals surface area contributed by atoms with E-state index in [0.29, 0.717) is 30.8 Å². The number of carbonyl (C=O) groups is 1. The summed E-state index contributed by atoms with van der Waals surface area (Å²) in [6.07, 6.45) is 2.84. The molecule has 1 spiro atoms. The van der Waals surface area contributed by atoms with E-state index in [9.17, 15) is 13.2 Å². The van der Waals surface area contributed by atoms with Gasteiger partial charge in [-0.3, -0.25) is 4.79 Å². The first kappa shape index (κ1) is 16.5. The van der Waals surface area contributed by atoms with Gasteiger partial charge in [-0.15, -0.1) is 0 Å². The van der Waals surface area contributed by atoms with Crippen molar-refractivity contribution in [1.82, 2.24) is 9.21 Å². The molecule has 1 aromatic rings. The molecule has 5 nitrogen and oxygen atoms in total. The summed E-state index contributed by atoms with van der Waals surface area (Å²) in [5, 5.41) is 0. The van der Waals surface area contributed by atoms with Crippen molar-refractivity contribution >= 4 is 15.9 Å². The third-order valence-electron chi connectivity index (χ3n) is 5.04. The highest BCUT2D eigenvalue weighted by molar-refractivity contribution is 7.89. The van der Waals surface area contributed by atoms with Crippen molar-refractivity contribution in [2.24, 2.45) is 0 Å². The van der Waals surface area contributed by atoms with Crippen LogP contribution in [0, 0.1) is 13.8 Å². The Morgan fingerprint density at radius 2 is 1.57 bits per heavy atom. The van der Waals surface area contributed by atoms with Gasteiger partial charge in [0.05, 0.1) is 4.90 Å². The number of sulfonamides is 1. The number of likely N-dealkylation sites (tertiary alicyclic amines) is 1. The van der Waals surface area contributed by atoms with Crippen LogP contribution in [-0.2, 0) is 14.8 Å². The molecule has 1 amide bonds. The Hall–Kier alpha value is -1.40. The fraction of sp³-hybridized carbons (Fsp3) is 0.588.